The highest BCUT2D eigenvalue weighted by Crippen LogP contribution is 2.44. The number of methoxy groups -OCH3 is 1. The van der Waals surface area contributed by atoms with Gasteiger partial charge in [0.2, 0.25) is 0 Å². The second kappa shape index (κ2) is 8.63. The number of fused-ring (bicyclic) bond motifs is 1. The Bertz CT molecular complexity index is 1510. The third kappa shape index (κ3) is 3.85. The molecule has 0 unspecified atom stereocenters. The Morgan fingerprint density at radius 2 is 1.74 bits per heavy atom. The molecule has 0 bridgehead atoms. The first-order valence-corrected chi connectivity index (χ1v) is 11.7. The van der Waals surface area contributed by atoms with Crippen LogP contribution in [0.3, 0.4) is 0 Å². The van der Waals surface area contributed by atoms with Crippen molar-refractivity contribution in [2.75, 3.05) is 12.0 Å². The van der Waals surface area contributed by atoms with Gasteiger partial charge in [-0.3, -0.25) is 14.5 Å². The van der Waals surface area contributed by atoms with Crippen molar-refractivity contribution in [1.29, 1.82) is 0 Å². The number of ether oxygens (including phenoxy) is 1. The van der Waals surface area contributed by atoms with Gasteiger partial charge < -0.3 is 9.84 Å². The molecule has 6 nitrogen and oxygen atoms in total. The van der Waals surface area contributed by atoms with E-state index in [1.54, 1.807) is 24.3 Å². The van der Waals surface area contributed by atoms with Crippen LogP contribution < -0.4 is 9.64 Å². The Hall–Kier alpha value is -4.04. The molecule has 0 radical (unpaired) electrons. The molecule has 0 spiro atoms. The lowest BCUT2D eigenvalue weighted by Gasteiger charge is -2.23. The zero-order chi connectivity index (χ0) is 24.9. The number of nitrogens with zero attached hydrogens (tertiary/aromatic N) is 2. The molecule has 1 N–H and O–H groups in total. The van der Waals surface area contributed by atoms with E-state index in [2.05, 4.69) is 4.98 Å². The summed E-state index contributed by atoms with van der Waals surface area (Å²) in [4.78, 5) is 32.6. The monoisotopic (exact) mass is 488 g/mol. The maximum atomic E-state index is 13.7. The number of amides is 1. The standard InChI is InChI=1S/C27H21FN2O4S/c1-14-12-15(2)22-20(13-14)35-27(29-22)30-23(16-4-8-18(28)9-5-16)21(25(32)26(30)33)24(31)17-6-10-19(34-3)11-7-17/h4-13,23,31H,1-3H3/t23-/m0/s1. The topological polar surface area (TPSA) is 79.7 Å². The smallest absolute Gasteiger partial charge is 0.301 e. The number of rotatable bonds is 4. The molecule has 35 heavy (non-hydrogen) atoms. The van der Waals surface area contributed by atoms with Gasteiger partial charge in [0, 0.05) is 5.56 Å². The molecule has 1 aromatic heterocycles. The van der Waals surface area contributed by atoms with E-state index >= 15 is 0 Å². The van der Waals surface area contributed by atoms with Gasteiger partial charge >= 0.3 is 5.91 Å². The third-order valence-electron chi connectivity index (χ3n) is 6.02. The van der Waals surface area contributed by atoms with Gasteiger partial charge in [0.25, 0.3) is 5.78 Å². The Balaban J connectivity index is 1.72. The number of carbonyl (C=O) groups is 2. The molecule has 0 saturated carbocycles. The molecule has 8 heteroatoms. The summed E-state index contributed by atoms with van der Waals surface area (Å²) in [7, 11) is 1.52. The maximum Gasteiger partial charge on any atom is 0.301 e. The number of carbonyl (C=O) groups excluding carboxylic acids is 2. The van der Waals surface area contributed by atoms with Crippen LogP contribution in [-0.2, 0) is 9.59 Å². The summed E-state index contributed by atoms with van der Waals surface area (Å²) in [6, 6.07) is 15.0. The van der Waals surface area contributed by atoms with E-state index in [1.807, 2.05) is 26.0 Å². The van der Waals surface area contributed by atoms with Crippen molar-refractivity contribution in [3.05, 3.63) is 94.3 Å². The minimum absolute atomic E-state index is 0.0843. The van der Waals surface area contributed by atoms with Gasteiger partial charge in [-0.15, -0.1) is 0 Å². The number of ketones is 1. The predicted molar refractivity (Wildman–Crippen MR) is 133 cm³/mol. The molecule has 1 saturated heterocycles. The molecule has 1 aliphatic heterocycles. The number of benzene rings is 3. The minimum Gasteiger partial charge on any atom is -0.507 e. The summed E-state index contributed by atoms with van der Waals surface area (Å²) in [5, 5.41) is 11.5. The molecule has 1 atom stereocenters. The van der Waals surface area contributed by atoms with E-state index in [0.29, 0.717) is 22.0 Å². The number of Topliss-reactive ketones (excluding diaryl/α,β-unsaturated/α-hetero) is 1. The summed E-state index contributed by atoms with van der Waals surface area (Å²) < 4.78 is 19.8. The normalized spacial score (nSPS) is 17.4. The molecule has 176 valence electrons. The fourth-order valence-electron chi connectivity index (χ4n) is 4.36. The van der Waals surface area contributed by atoms with E-state index < -0.39 is 23.5 Å². The van der Waals surface area contributed by atoms with Crippen LogP contribution in [0.15, 0.2) is 66.2 Å². The van der Waals surface area contributed by atoms with E-state index in [0.717, 1.165) is 21.3 Å². The van der Waals surface area contributed by atoms with Crippen LogP contribution in [0.5, 0.6) is 5.75 Å². The highest BCUT2D eigenvalue weighted by molar-refractivity contribution is 7.22. The average Bonchev–Trinajstić information content (AvgIpc) is 3.38. The van der Waals surface area contributed by atoms with Crippen molar-refractivity contribution in [2.24, 2.45) is 0 Å². The number of thiazole rings is 1. The number of aliphatic hydroxyl groups is 1. The van der Waals surface area contributed by atoms with Crippen molar-refractivity contribution >= 4 is 44.1 Å². The summed E-state index contributed by atoms with van der Waals surface area (Å²) in [5.74, 6) is -1.83. The van der Waals surface area contributed by atoms with Crippen molar-refractivity contribution in [3.63, 3.8) is 0 Å². The SMILES string of the molecule is COc1ccc(C(O)=C2C(=O)C(=O)N(c3nc4c(C)cc(C)cc4s3)[C@H]2c2ccc(F)cc2)cc1. The molecule has 0 aliphatic carbocycles. The first-order chi connectivity index (χ1) is 16.8. The lowest BCUT2D eigenvalue weighted by molar-refractivity contribution is -0.132. The number of aliphatic hydroxyl groups excluding tert-OH is 1. The Kier molecular flexibility index (Phi) is 5.61. The number of halogens is 1. The second-order valence-corrected chi connectivity index (χ2v) is 9.38. The largest absolute Gasteiger partial charge is 0.507 e. The molecule has 1 amide bonds. The van der Waals surface area contributed by atoms with Crippen molar-refractivity contribution in [1.82, 2.24) is 4.98 Å². The first kappa shape index (κ1) is 22.7. The van der Waals surface area contributed by atoms with Crippen LogP contribution >= 0.6 is 11.3 Å². The summed E-state index contributed by atoms with van der Waals surface area (Å²) in [6.45, 7) is 3.92. The average molecular weight is 489 g/mol. The molecule has 5 rings (SSSR count). The molecular weight excluding hydrogens is 467 g/mol. The first-order valence-electron chi connectivity index (χ1n) is 10.9. The van der Waals surface area contributed by atoms with Gasteiger partial charge in [0.1, 0.15) is 17.3 Å². The van der Waals surface area contributed by atoms with Gasteiger partial charge in [-0.25, -0.2) is 9.37 Å². The quantitative estimate of drug-likeness (QED) is 0.227. The van der Waals surface area contributed by atoms with E-state index in [4.69, 9.17) is 4.74 Å². The van der Waals surface area contributed by atoms with Crippen molar-refractivity contribution in [3.8, 4) is 5.75 Å². The molecular formula is C27H21FN2O4S. The van der Waals surface area contributed by atoms with Crippen molar-refractivity contribution in [2.45, 2.75) is 19.9 Å². The highest BCUT2D eigenvalue weighted by Gasteiger charge is 2.48. The maximum absolute atomic E-state index is 13.7. The zero-order valence-corrected chi connectivity index (χ0v) is 20.0. The van der Waals surface area contributed by atoms with Crippen LogP contribution in [-0.4, -0.2) is 28.9 Å². The molecule has 3 aromatic carbocycles. The molecule has 4 aromatic rings. The van der Waals surface area contributed by atoms with Crippen LogP contribution in [0, 0.1) is 19.7 Å². The summed E-state index contributed by atoms with van der Waals surface area (Å²) in [6.07, 6.45) is 0. The fourth-order valence-corrected chi connectivity index (χ4v) is 5.53. The number of anilines is 1. The Labute approximate surface area is 204 Å². The molecule has 1 aliphatic rings. The van der Waals surface area contributed by atoms with E-state index in [9.17, 15) is 19.1 Å². The molecule has 1 fully saturated rings. The number of aromatic nitrogens is 1. The number of hydrogen-bond donors (Lipinski definition) is 1. The van der Waals surface area contributed by atoms with Gasteiger partial charge in [-0.1, -0.05) is 29.5 Å². The number of aryl methyl sites for hydroxylation is 2. The van der Waals surface area contributed by atoms with Gasteiger partial charge in [0.05, 0.1) is 28.9 Å². The molecule has 2 heterocycles. The van der Waals surface area contributed by atoms with Gasteiger partial charge in [-0.05, 0) is 73.0 Å². The predicted octanol–water partition coefficient (Wildman–Crippen LogP) is 5.69. The zero-order valence-electron chi connectivity index (χ0n) is 19.2. The van der Waals surface area contributed by atoms with Gasteiger partial charge in [-0.2, -0.15) is 0 Å². The Morgan fingerprint density at radius 3 is 2.40 bits per heavy atom. The lowest BCUT2D eigenvalue weighted by atomic mass is 9.95. The van der Waals surface area contributed by atoms with E-state index in [1.165, 1.54) is 47.6 Å². The van der Waals surface area contributed by atoms with E-state index in [-0.39, 0.29) is 11.3 Å². The second-order valence-electron chi connectivity index (χ2n) is 8.37. The van der Waals surface area contributed by atoms with Crippen LogP contribution in [0.2, 0.25) is 0 Å². The fraction of sp³-hybridized carbons (Fsp3) is 0.148. The number of hydrogen-bond acceptors (Lipinski definition) is 6. The lowest BCUT2D eigenvalue weighted by Crippen LogP contribution is -2.29. The van der Waals surface area contributed by atoms with Crippen LogP contribution in [0.4, 0.5) is 9.52 Å². The summed E-state index contributed by atoms with van der Waals surface area (Å²) in [5.41, 5.74) is 3.50. The third-order valence-corrected chi connectivity index (χ3v) is 7.02. The van der Waals surface area contributed by atoms with Crippen LogP contribution in [0.25, 0.3) is 16.0 Å². The highest BCUT2D eigenvalue weighted by atomic mass is 32.1. The van der Waals surface area contributed by atoms with Gasteiger partial charge in [0.15, 0.2) is 5.13 Å². The Morgan fingerprint density at radius 1 is 1.06 bits per heavy atom. The van der Waals surface area contributed by atoms with Crippen molar-refractivity contribution < 1.29 is 23.8 Å². The van der Waals surface area contributed by atoms with Crippen LogP contribution in [0.1, 0.15) is 28.3 Å². The summed E-state index contributed by atoms with van der Waals surface area (Å²) >= 11 is 1.29. The minimum atomic E-state index is -0.973.